The number of aromatic nitrogens is 2. The molecule has 0 bridgehead atoms. The zero-order valence-electron chi connectivity index (χ0n) is 16.1. The minimum absolute atomic E-state index is 0.266. The third-order valence-electron chi connectivity index (χ3n) is 4.44. The number of ether oxygens (including phenoxy) is 1. The first-order valence-electron chi connectivity index (χ1n) is 9.23. The van der Waals surface area contributed by atoms with Crippen molar-refractivity contribution in [2.24, 2.45) is 0 Å². The number of anilines is 1. The standard InChI is InChI=1S/C22H20N4O2S/c1-3-24-21(27)26-22-25-18-12-15(14-7-6-10-23-13-14)11-17(20(18)29-22)16-8-4-5-9-19(16)28-2/h4-13H,3H2,1-2H3,(H2,24,25,26,27). The van der Waals surface area contributed by atoms with Crippen molar-refractivity contribution in [2.75, 3.05) is 19.0 Å². The Hall–Kier alpha value is -3.45. The average molecular weight is 404 g/mol. The Kier molecular flexibility index (Phi) is 5.39. The Morgan fingerprint density at radius 3 is 2.72 bits per heavy atom. The molecule has 4 rings (SSSR count). The fourth-order valence-electron chi connectivity index (χ4n) is 3.16. The summed E-state index contributed by atoms with van der Waals surface area (Å²) in [5.74, 6) is 0.781. The molecule has 0 aliphatic rings. The smallest absolute Gasteiger partial charge is 0.321 e. The van der Waals surface area contributed by atoms with Crippen LogP contribution < -0.4 is 15.4 Å². The summed E-state index contributed by atoms with van der Waals surface area (Å²) in [4.78, 5) is 20.8. The Morgan fingerprint density at radius 1 is 1.10 bits per heavy atom. The zero-order chi connectivity index (χ0) is 20.2. The lowest BCUT2D eigenvalue weighted by Crippen LogP contribution is -2.28. The summed E-state index contributed by atoms with van der Waals surface area (Å²) in [5, 5.41) is 6.09. The van der Waals surface area contributed by atoms with Gasteiger partial charge in [-0.05, 0) is 36.8 Å². The van der Waals surface area contributed by atoms with Crippen LogP contribution in [0.5, 0.6) is 5.75 Å². The number of fused-ring (bicyclic) bond motifs is 1. The van der Waals surface area contributed by atoms with E-state index in [2.05, 4.69) is 26.7 Å². The molecule has 0 saturated carbocycles. The van der Waals surface area contributed by atoms with Gasteiger partial charge in [0.1, 0.15) is 5.75 Å². The molecule has 2 heterocycles. The van der Waals surface area contributed by atoms with Gasteiger partial charge < -0.3 is 10.1 Å². The number of methoxy groups -OCH3 is 1. The molecule has 0 aliphatic carbocycles. The first kappa shape index (κ1) is 18.9. The van der Waals surface area contributed by atoms with Gasteiger partial charge in [0.15, 0.2) is 5.13 Å². The minimum atomic E-state index is -0.266. The lowest BCUT2D eigenvalue weighted by atomic mass is 9.98. The van der Waals surface area contributed by atoms with Gasteiger partial charge in [-0.3, -0.25) is 10.3 Å². The van der Waals surface area contributed by atoms with E-state index in [-0.39, 0.29) is 6.03 Å². The molecule has 0 spiro atoms. The largest absolute Gasteiger partial charge is 0.496 e. The van der Waals surface area contributed by atoms with Crippen LogP contribution >= 0.6 is 11.3 Å². The van der Waals surface area contributed by atoms with Crippen molar-refractivity contribution in [3.63, 3.8) is 0 Å². The maximum Gasteiger partial charge on any atom is 0.321 e. The number of pyridine rings is 1. The molecule has 0 fully saturated rings. The molecule has 4 aromatic rings. The van der Waals surface area contributed by atoms with E-state index in [0.29, 0.717) is 11.7 Å². The minimum Gasteiger partial charge on any atom is -0.496 e. The second-order valence-electron chi connectivity index (χ2n) is 6.32. The van der Waals surface area contributed by atoms with Gasteiger partial charge in [0.05, 0.1) is 17.3 Å². The van der Waals surface area contributed by atoms with Crippen LogP contribution in [0.1, 0.15) is 6.92 Å². The van der Waals surface area contributed by atoms with E-state index in [4.69, 9.17) is 4.74 Å². The molecule has 29 heavy (non-hydrogen) atoms. The highest BCUT2D eigenvalue weighted by molar-refractivity contribution is 7.22. The van der Waals surface area contributed by atoms with Gasteiger partial charge in [-0.2, -0.15) is 0 Å². The SMILES string of the molecule is CCNC(=O)Nc1nc2cc(-c3cccnc3)cc(-c3ccccc3OC)c2s1. The molecular weight excluding hydrogens is 384 g/mol. The number of carbonyl (C=O) groups is 1. The molecule has 0 saturated heterocycles. The summed E-state index contributed by atoms with van der Waals surface area (Å²) in [6, 6.07) is 15.7. The zero-order valence-corrected chi connectivity index (χ0v) is 16.9. The number of nitrogens with one attached hydrogen (secondary N) is 2. The molecule has 2 aromatic heterocycles. The Balaban J connectivity index is 1.91. The van der Waals surface area contributed by atoms with E-state index in [1.54, 1.807) is 13.3 Å². The summed E-state index contributed by atoms with van der Waals surface area (Å²) < 4.78 is 6.57. The molecule has 0 aliphatic heterocycles. The van der Waals surface area contributed by atoms with Gasteiger partial charge in [0.25, 0.3) is 0 Å². The van der Waals surface area contributed by atoms with E-state index in [9.17, 15) is 4.79 Å². The van der Waals surface area contributed by atoms with Crippen LogP contribution in [0.25, 0.3) is 32.5 Å². The summed E-state index contributed by atoms with van der Waals surface area (Å²) >= 11 is 1.44. The van der Waals surface area contributed by atoms with E-state index in [1.807, 2.05) is 55.6 Å². The molecule has 0 unspecified atom stereocenters. The molecule has 146 valence electrons. The number of benzene rings is 2. The van der Waals surface area contributed by atoms with Gasteiger partial charge in [-0.25, -0.2) is 9.78 Å². The number of para-hydroxylation sites is 1. The number of hydrogen-bond donors (Lipinski definition) is 2. The van der Waals surface area contributed by atoms with E-state index >= 15 is 0 Å². The number of carbonyl (C=O) groups excluding carboxylic acids is 1. The maximum absolute atomic E-state index is 11.9. The lowest BCUT2D eigenvalue weighted by molar-refractivity contribution is 0.252. The molecule has 2 amide bonds. The molecule has 0 atom stereocenters. The van der Waals surface area contributed by atoms with Gasteiger partial charge in [0.2, 0.25) is 0 Å². The van der Waals surface area contributed by atoms with Crippen molar-refractivity contribution in [1.82, 2.24) is 15.3 Å². The predicted molar refractivity (Wildman–Crippen MR) is 118 cm³/mol. The van der Waals surface area contributed by atoms with Crippen LogP contribution in [0.15, 0.2) is 60.9 Å². The van der Waals surface area contributed by atoms with E-state index < -0.39 is 0 Å². The molecule has 2 aromatic carbocycles. The van der Waals surface area contributed by atoms with Crippen molar-refractivity contribution in [2.45, 2.75) is 6.92 Å². The number of hydrogen-bond acceptors (Lipinski definition) is 5. The van der Waals surface area contributed by atoms with Gasteiger partial charge in [0, 0.05) is 35.6 Å². The topological polar surface area (TPSA) is 76.1 Å². The number of rotatable bonds is 5. The van der Waals surface area contributed by atoms with E-state index in [1.165, 1.54) is 11.3 Å². The van der Waals surface area contributed by atoms with Gasteiger partial charge >= 0.3 is 6.03 Å². The van der Waals surface area contributed by atoms with Crippen LogP contribution in [0.4, 0.5) is 9.93 Å². The molecule has 0 radical (unpaired) electrons. The monoisotopic (exact) mass is 404 g/mol. The third-order valence-corrected chi connectivity index (χ3v) is 5.46. The maximum atomic E-state index is 11.9. The number of amides is 2. The van der Waals surface area contributed by atoms with Crippen molar-refractivity contribution in [1.29, 1.82) is 0 Å². The quantitative estimate of drug-likeness (QED) is 0.481. The Bertz CT molecular complexity index is 1160. The molecule has 6 nitrogen and oxygen atoms in total. The number of urea groups is 1. The summed E-state index contributed by atoms with van der Waals surface area (Å²) in [6.07, 6.45) is 3.58. The number of nitrogens with zero attached hydrogens (tertiary/aromatic N) is 2. The molecule has 2 N–H and O–H groups in total. The summed E-state index contributed by atoms with van der Waals surface area (Å²) in [5.41, 5.74) is 4.78. The van der Waals surface area contributed by atoms with Crippen LogP contribution in [0.3, 0.4) is 0 Å². The second-order valence-corrected chi connectivity index (χ2v) is 7.32. The highest BCUT2D eigenvalue weighted by Crippen LogP contribution is 2.41. The van der Waals surface area contributed by atoms with Gasteiger partial charge in [-0.1, -0.05) is 35.6 Å². The highest BCUT2D eigenvalue weighted by atomic mass is 32.1. The predicted octanol–water partition coefficient (Wildman–Crippen LogP) is 5.18. The first-order valence-corrected chi connectivity index (χ1v) is 10.0. The van der Waals surface area contributed by atoms with Crippen LogP contribution in [-0.2, 0) is 0 Å². The molecule has 7 heteroatoms. The number of thiazole rings is 1. The molecular formula is C22H20N4O2S. The second kappa shape index (κ2) is 8.28. The Labute approximate surface area is 172 Å². The lowest BCUT2D eigenvalue weighted by Gasteiger charge is -2.11. The van der Waals surface area contributed by atoms with Crippen LogP contribution in [-0.4, -0.2) is 29.7 Å². The fraction of sp³-hybridized carbons (Fsp3) is 0.136. The fourth-order valence-corrected chi connectivity index (χ4v) is 4.12. The average Bonchev–Trinajstić information content (AvgIpc) is 3.16. The van der Waals surface area contributed by atoms with Crippen LogP contribution in [0.2, 0.25) is 0 Å². The highest BCUT2D eigenvalue weighted by Gasteiger charge is 2.16. The first-order chi connectivity index (χ1) is 14.2. The van der Waals surface area contributed by atoms with E-state index in [0.717, 1.165) is 38.2 Å². The Morgan fingerprint density at radius 2 is 1.97 bits per heavy atom. The van der Waals surface area contributed by atoms with Crippen molar-refractivity contribution >= 4 is 32.7 Å². The third kappa shape index (κ3) is 3.90. The normalized spacial score (nSPS) is 10.7. The summed E-state index contributed by atoms with van der Waals surface area (Å²) in [7, 11) is 1.66. The summed E-state index contributed by atoms with van der Waals surface area (Å²) in [6.45, 7) is 2.42. The van der Waals surface area contributed by atoms with Crippen molar-refractivity contribution < 1.29 is 9.53 Å². The van der Waals surface area contributed by atoms with Crippen molar-refractivity contribution in [3.8, 4) is 28.0 Å². The van der Waals surface area contributed by atoms with Crippen LogP contribution in [0, 0.1) is 0 Å². The van der Waals surface area contributed by atoms with Crippen molar-refractivity contribution in [3.05, 3.63) is 60.9 Å². The van der Waals surface area contributed by atoms with Gasteiger partial charge in [-0.15, -0.1) is 0 Å².